The van der Waals surface area contributed by atoms with Gasteiger partial charge in [-0.25, -0.2) is 4.39 Å². The predicted octanol–water partition coefficient (Wildman–Crippen LogP) is 3.53. The van der Waals surface area contributed by atoms with Crippen LogP contribution in [0.2, 0.25) is 0 Å². The van der Waals surface area contributed by atoms with Crippen molar-refractivity contribution >= 4 is 5.91 Å². The van der Waals surface area contributed by atoms with E-state index >= 15 is 0 Å². The molecule has 22 heavy (non-hydrogen) atoms. The molecule has 0 aromatic heterocycles. The maximum Gasteiger partial charge on any atom is 0.261 e. The Labute approximate surface area is 130 Å². The number of halogens is 1. The third-order valence-electron chi connectivity index (χ3n) is 3.61. The summed E-state index contributed by atoms with van der Waals surface area (Å²) < 4.78 is 18.5. The number of amides is 1. The molecule has 0 saturated heterocycles. The van der Waals surface area contributed by atoms with Crippen molar-refractivity contribution in [1.82, 2.24) is 5.32 Å². The predicted molar refractivity (Wildman–Crippen MR) is 84.3 cm³/mol. The maximum atomic E-state index is 12.8. The molecule has 2 rings (SSSR count). The van der Waals surface area contributed by atoms with Crippen molar-refractivity contribution in [3.8, 4) is 5.75 Å². The van der Waals surface area contributed by atoms with Crippen molar-refractivity contribution < 1.29 is 13.9 Å². The number of rotatable bonds is 5. The third-order valence-corrected chi connectivity index (χ3v) is 3.61. The van der Waals surface area contributed by atoms with Gasteiger partial charge in [0, 0.05) is 6.54 Å². The van der Waals surface area contributed by atoms with Crippen LogP contribution in [0.4, 0.5) is 4.39 Å². The van der Waals surface area contributed by atoms with Gasteiger partial charge in [-0.1, -0.05) is 24.3 Å². The maximum absolute atomic E-state index is 12.8. The summed E-state index contributed by atoms with van der Waals surface area (Å²) in [6.07, 6.45) is -0.596. The molecule has 2 aromatic carbocycles. The Morgan fingerprint density at radius 1 is 1.18 bits per heavy atom. The molecule has 1 amide bonds. The van der Waals surface area contributed by atoms with Crippen LogP contribution in [-0.2, 0) is 11.3 Å². The van der Waals surface area contributed by atoms with Crippen LogP contribution >= 0.6 is 0 Å². The Balaban J connectivity index is 1.92. The van der Waals surface area contributed by atoms with E-state index in [0.29, 0.717) is 12.3 Å². The van der Waals surface area contributed by atoms with Gasteiger partial charge in [0.1, 0.15) is 11.6 Å². The molecule has 0 bridgehead atoms. The average Bonchev–Trinajstić information content (AvgIpc) is 2.51. The Bertz CT molecular complexity index is 653. The zero-order valence-electron chi connectivity index (χ0n) is 13.0. The number of benzene rings is 2. The summed E-state index contributed by atoms with van der Waals surface area (Å²) in [5.74, 6) is 0.219. The van der Waals surface area contributed by atoms with Crippen molar-refractivity contribution in [3.05, 3.63) is 65.0 Å². The molecule has 4 heteroatoms. The number of carbonyl (C=O) groups excluding carboxylic acids is 1. The van der Waals surface area contributed by atoms with E-state index in [2.05, 4.69) is 5.32 Å². The summed E-state index contributed by atoms with van der Waals surface area (Å²) in [4.78, 5) is 12.1. The fourth-order valence-corrected chi connectivity index (χ4v) is 2.03. The fraction of sp³-hybridized carbons (Fsp3) is 0.278. The number of carbonyl (C=O) groups is 1. The zero-order chi connectivity index (χ0) is 16.1. The monoisotopic (exact) mass is 301 g/mol. The minimum atomic E-state index is -0.596. The minimum Gasteiger partial charge on any atom is -0.481 e. The van der Waals surface area contributed by atoms with E-state index in [-0.39, 0.29) is 11.7 Å². The van der Waals surface area contributed by atoms with Crippen LogP contribution in [0.5, 0.6) is 5.75 Å². The second-order valence-corrected chi connectivity index (χ2v) is 5.30. The normalized spacial score (nSPS) is 11.8. The highest BCUT2D eigenvalue weighted by Crippen LogP contribution is 2.21. The molecular formula is C18H20FNO2. The van der Waals surface area contributed by atoms with Crippen molar-refractivity contribution in [2.75, 3.05) is 0 Å². The minimum absolute atomic E-state index is 0.203. The van der Waals surface area contributed by atoms with E-state index in [0.717, 1.165) is 16.7 Å². The highest BCUT2D eigenvalue weighted by molar-refractivity contribution is 5.80. The molecule has 0 aliphatic heterocycles. The number of hydrogen-bond donors (Lipinski definition) is 1. The van der Waals surface area contributed by atoms with E-state index in [9.17, 15) is 9.18 Å². The standard InChI is InChI=1S/C18H20FNO2/c1-12-5-4-6-17(13(12)2)22-14(3)18(21)20-11-15-7-9-16(19)10-8-15/h4-10,14H,11H2,1-3H3,(H,20,21). The quantitative estimate of drug-likeness (QED) is 0.917. The van der Waals surface area contributed by atoms with Gasteiger partial charge in [0.2, 0.25) is 0 Å². The SMILES string of the molecule is Cc1cccc(OC(C)C(=O)NCc2ccc(F)cc2)c1C. The number of hydrogen-bond acceptors (Lipinski definition) is 2. The molecule has 1 unspecified atom stereocenters. The number of ether oxygens (including phenoxy) is 1. The molecular weight excluding hydrogens is 281 g/mol. The highest BCUT2D eigenvalue weighted by Gasteiger charge is 2.15. The van der Waals surface area contributed by atoms with E-state index in [1.165, 1.54) is 12.1 Å². The van der Waals surface area contributed by atoms with Gasteiger partial charge in [-0.3, -0.25) is 4.79 Å². The molecule has 0 heterocycles. The first kappa shape index (κ1) is 16.0. The molecule has 1 N–H and O–H groups in total. The van der Waals surface area contributed by atoms with Gasteiger partial charge in [0.15, 0.2) is 6.10 Å². The second-order valence-electron chi connectivity index (χ2n) is 5.30. The fourth-order valence-electron chi connectivity index (χ4n) is 2.03. The molecule has 0 radical (unpaired) electrons. The smallest absolute Gasteiger partial charge is 0.261 e. The lowest BCUT2D eigenvalue weighted by Gasteiger charge is -2.17. The zero-order valence-corrected chi connectivity index (χ0v) is 13.0. The van der Waals surface area contributed by atoms with Crippen LogP contribution in [0.3, 0.4) is 0 Å². The first-order chi connectivity index (χ1) is 10.5. The lowest BCUT2D eigenvalue weighted by atomic mass is 10.1. The Morgan fingerprint density at radius 2 is 1.86 bits per heavy atom. The van der Waals surface area contributed by atoms with Gasteiger partial charge in [0.05, 0.1) is 0 Å². The second kappa shape index (κ2) is 7.07. The van der Waals surface area contributed by atoms with Gasteiger partial charge >= 0.3 is 0 Å². The third kappa shape index (κ3) is 4.07. The van der Waals surface area contributed by atoms with Crippen molar-refractivity contribution in [3.63, 3.8) is 0 Å². The topological polar surface area (TPSA) is 38.3 Å². The van der Waals surface area contributed by atoms with Gasteiger partial charge in [-0.2, -0.15) is 0 Å². The molecule has 0 fully saturated rings. The molecule has 0 spiro atoms. The molecule has 1 atom stereocenters. The van der Waals surface area contributed by atoms with Crippen LogP contribution in [0.15, 0.2) is 42.5 Å². The van der Waals surface area contributed by atoms with Crippen LogP contribution < -0.4 is 10.1 Å². The summed E-state index contributed by atoms with van der Waals surface area (Å²) in [6.45, 7) is 6.02. The summed E-state index contributed by atoms with van der Waals surface area (Å²) >= 11 is 0. The van der Waals surface area contributed by atoms with Crippen molar-refractivity contribution in [2.45, 2.75) is 33.4 Å². The lowest BCUT2D eigenvalue weighted by molar-refractivity contribution is -0.127. The molecule has 0 saturated carbocycles. The Kier molecular flexibility index (Phi) is 5.15. The van der Waals surface area contributed by atoms with E-state index < -0.39 is 6.10 Å². The van der Waals surface area contributed by atoms with Crippen molar-refractivity contribution in [2.24, 2.45) is 0 Å². The van der Waals surface area contributed by atoms with Gasteiger partial charge in [-0.15, -0.1) is 0 Å². The molecule has 0 aliphatic rings. The van der Waals surface area contributed by atoms with Crippen LogP contribution in [0.25, 0.3) is 0 Å². The molecule has 2 aromatic rings. The Morgan fingerprint density at radius 3 is 2.55 bits per heavy atom. The molecule has 3 nitrogen and oxygen atoms in total. The van der Waals surface area contributed by atoms with E-state index in [1.54, 1.807) is 19.1 Å². The summed E-state index contributed by atoms with van der Waals surface area (Å²) in [5.41, 5.74) is 2.99. The van der Waals surface area contributed by atoms with E-state index in [4.69, 9.17) is 4.74 Å². The van der Waals surface area contributed by atoms with Crippen molar-refractivity contribution in [1.29, 1.82) is 0 Å². The summed E-state index contributed by atoms with van der Waals surface area (Å²) in [7, 11) is 0. The van der Waals surface area contributed by atoms with Gasteiger partial charge in [-0.05, 0) is 55.7 Å². The average molecular weight is 301 g/mol. The van der Waals surface area contributed by atoms with Crippen LogP contribution in [0.1, 0.15) is 23.6 Å². The molecule has 116 valence electrons. The van der Waals surface area contributed by atoms with Crippen LogP contribution in [0, 0.1) is 19.7 Å². The van der Waals surface area contributed by atoms with E-state index in [1.807, 2.05) is 32.0 Å². The van der Waals surface area contributed by atoms with Gasteiger partial charge < -0.3 is 10.1 Å². The summed E-state index contributed by atoms with van der Waals surface area (Å²) in [6, 6.07) is 11.8. The summed E-state index contributed by atoms with van der Waals surface area (Å²) in [5, 5.41) is 2.79. The lowest BCUT2D eigenvalue weighted by Crippen LogP contribution is -2.36. The number of aryl methyl sites for hydroxylation is 1. The van der Waals surface area contributed by atoms with Crippen LogP contribution in [-0.4, -0.2) is 12.0 Å². The highest BCUT2D eigenvalue weighted by atomic mass is 19.1. The number of nitrogens with one attached hydrogen (secondary N) is 1. The van der Waals surface area contributed by atoms with Gasteiger partial charge in [0.25, 0.3) is 5.91 Å². The largest absolute Gasteiger partial charge is 0.481 e. The first-order valence-corrected chi connectivity index (χ1v) is 7.22. The molecule has 0 aliphatic carbocycles. The Hall–Kier alpha value is -2.36. The first-order valence-electron chi connectivity index (χ1n) is 7.22.